The van der Waals surface area contributed by atoms with E-state index in [1.54, 1.807) is 20.8 Å². The van der Waals surface area contributed by atoms with Crippen LogP contribution in [-0.2, 0) is 16.0 Å². The predicted octanol–water partition coefficient (Wildman–Crippen LogP) is 2.21. The molecule has 5 heteroatoms. The lowest BCUT2D eigenvalue weighted by Gasteiger charge is -2.22. The number of hydrogen-bond acceptors (Lipinski definition) is 3. The number of hydrogen-bond donors (Lipinski definition) is 2. The fourth-order valence-electron chi connectivity index (χ4n) is 1.50. The van der Waals surface area contributed by atoms with Gasteiger partial charge in [-0.25, -0.2) is 9.59 Å². The molecule has 0 heterocycles. The molecule has 0 aliphatic rings. The van der Waals surface area contributed by atoms with Gasteiger partial charge in [0.1, 0.15) is 11.6 Å². The van der Waals surface area contributed by atoms with Gasteiger partial charge in [0, 0.05) is 6.42 Å². The molecule has 1 atom stereocenters. The highest BCUT2D eigenvalue weighted by Crippen LogP contribution is 2.08. The van der Waals surface area contributed by atoms with Crippen LogP contribution in [0.4, 0.5) is 4.79 Å². The highest BCUT2D eigenvalue weighted by Gasteiger charge is 2.23. The number of carbonyl (C=O) groups is 2. The number of carboxylic acid groups (broad SMARTS) is 1. The van der Waals surface area contributed by atoms with Gasteiger partial charge in [-0.2, -0.15) is 0 Å². The Kier molecular flexibility index (Phi) is 4.92. The number of nitrogens with one attached hydrogen (secondary N) is 1. The molecule has 1 aromatic carbocycles. The zero-order valence-electron chi connectivity index (χ0n) is 11.3. The number of benzene rings is 1. The maximum absolute atomic E-state index is 11.6. The summed E-state index contributed by atoms with van der Waals surface area (Å²) in [5.74, 6) is -1.09. The fourth-order valence-corrected chi connectivity index (χ4v) is 1.50. The van der Waals surface area contributed by atoms with Crippen LogP contribution < -0.4 is 5.32 Å². The molecular formula is C14H19NO4. The molecule has 0 radical (unpaired) electrons. The standard InChI is InChI=1S/C14H19NO4/c1-14(2,3)19-13(18)15-11(12(16)17)9-10-7-5-4-6-8-10/h4-8,11H,9H2,1-3H3,(H,15,18)(H,16,17)/t11-/m0/s1/i11+1. The Morgan fingerprint density at radius 3 is 2.32 bits per heavy atom. The first kappa shape index (κ1) is 15.0. The van der Waals surface area contributed by atoms with Gasteiger partial charge in [-0.1, -0.05) is 30.3 Å². The second-order valence-corrected chi connectivity index (χ2v) is 5.23. The second kappa shape index (κ2) is 6.22. The number of alkyl carbamates (subject to hydrolysis) is 1. The third kappa shape index (κ3) is 5.90. The Morgan fingerprint density at radius 1 is 1.26 bits per heavy atom. The van der Waals surface area contributed by atoms with E-state index in [0.29, 0.717) is 0 Å². The van der Waals surface area contributed by atoms with Crippen molar-refractivity contribution >= 4 is 12.1 Å². The second-order valence-electron chi connectivity index (χ2n) is 5.23. The van der Waals surface area contributed by atoms with E-state index in [-0.39, 0.29) is 6.42 Å². The summed E-state index contributed by atoms with van der Waals surface area (Å²) < 4.78 is 5.04. The SMILES string of the molecule is CC(C)(C)OC(=O)N[13C@@H](Cc1ccccc1)C(=O)O. The van der Waals surface area contributed by atoms with Gasteiger partial charge in [0.25, 0.3) is 0 Å². The van der Waals surface area contributed by atoms with Crippen LogP contribution in [0, 0.1) is 0 Å². The minimum absolute atomic E-state index is 0.218. The van der Waals surface area contributed by atoms with Crippen LogP contribution in [0.1, 0.15) is 26.3 Å². The molecule has 2 N–H and O–H groups in total. The molecule has 1 amide bonds. The topological polar surface area (TPSA) is 75.6 Å². The van der Waals surface area contributed by atoms with Crippen LogP contribution in [0.3, 0.4) is 0 Å². The number of ether oxygens (including phenoxy) is 1. The zero-order chi connectivity index (χ0) is 14.5. The van der Waals surface area contributed by atoms with Crippen LogP contribution in [-0.4, -0.2) is 28.8 Å². The summed E-state index contributed by atoms with van der Waals surface area (Å²) in [5.41, 5.74) is 0.186. The molecule has 0 saturated heterocycles. The first-order chi connectivity index (χ1) is 8.78. The van der Waals surface area contributed by atoms with Gasteiger partial charge in [-0.15, -0.1) is 0 Å². The van der Waals surface area contributed by atoms with E-state index in [0.717, 1.165) is 5.56 Å². The summed E-state index contributed by atoms with van der Waals surface area (Å²) in [5, 5.41) is 11.5. The van der Waals surface area contributed by atoms with Gasteiger partial charge < -0.3 is 15.2 Å². The van der Waals surface area contributed by atoms with Crippen molar-refractivity contribution in [3.8, 4) is 0 Å². The van der Waals surface area contributed by atoms with E-state index in [4.69, 9.17) is 9.84 Å². The highest BCUT2D eigenvalue weighted by atomic mass is 16.6. The van der Waals surface area contributed by atoms with Gasteiger partial charge in [0.2, 0.25) is 0 Å². The summed E-state index contributed by atoms with van der Waals surface area (Å²) in [7, 11) is 0. The van der Waals surface area contributed by atoms with E-state index in [9.17, 15) is 9.59 Å². The van der Waals surface area contributed by atoms with Gasteiger partial charge in [-0.3, -0.25) is 0 Å². The summed E-state index contributed by atoms with van der Waals surface area (Å²) in [6, 6.07) is 8.11. The third-order valence-corrected chi connectivity index (χ3v) is 2.27. The molecule has 0 spiro atoms. The molecule has 5 nitrogen and oxygen atoms in total. The van der Waals surface area contributed by atoms with Crippen LogP contribution in [0.5, 0.6) is 0 Å². The van der Waals surface area contributed by atoms with E-state index in [1.165, 1.54) is 0 Å². The van der Waals surface area contributed by atoms with Crippen molar-refractivity contribution in [1.82, 2.24) is 5.32 Å². The first-order valence-corrected chi connectivity index (χ1v) is 6.04. The minimum Gasteiger partial charge on any atom is -0.480 e. The molecule has 0 aliphatic carbocycles. The van der Waals surface area contributed by atoms with Crippen LogP contribution >= 0.6 is 0 Å². The molecule has 1 rings (SSSR count). The van der Waals surface area contributed by atoms with Crippen molar-refractivity contribution in [2.45, 2.75) is 38.8 Å². The normalized spacial score (nSPS) is 12.6. The molecule has 0 fully saturated rings. The van der Waals surface area contributed by atoms with Crippen molar-refractivity contribution < 1.29 is 19.4 Å². The zero-order valence-corrected chi connectivity index (χ0v) is 11.3. The molecule has 0 bridgehead atoms. The van der Waals surface area contributed by atoms with Crippen molar-refractivity contribution in [2.75, 3.05) is 0 Å². The van der Waals surface area contributed by atoms with Gasteiger partial charge in [0.15, 0.2) is 0 Å². The molecule has 19 heavy (non-hydrogen) atoms. The monoisotopic (exact) mass is 266 g/mol. The van der Waals surface area contributed by atoms with E-state index in [2.05, 4.69) is 5.32 Å². The Hall–Kier alpha value is -2.04. The lowest BCUT2D eigenvalue weighted by Crippen LogP contribution is -2.44. The summed E-state index contributed by atoms with van der Waals surface area (Å²) in [4.78, 5) is 22.7. The number of aliphatic carboxylic acids is 1. The summed E-state index contributed by atoms with van der Waals surface area (Å²) in [6.45, 7) is 5.17. The van der Waals surface area contributed by atoms with E-state index in [1.807, 2.05) is 30.3 Å². The average molecular weight is 266 g/mol. The molecule has 104 valence electrons. The Morgan fingerprint density at radius 2 is 1.84 bits per heavy atom. The summed E-state index contributed by atoms with van der Waals surface area (Å²) >= 11 is 0. The van der Waals surface area contributed by atoms with E-state index >= 15 is 0 Å². The van der Waals surface area contributed by atoms with Gasteiger partial charge in [-0.05, 0) is 26.3 Å². The van der Waals surface area contributed by atoms with Crippen LogP contribution in [0.15, 0.2) is 30.3 Å². The van der Waals surface area contributed by atoms with Gasteiger partial charge >= 0.3 is 12.1 Å². The molecule has 1 aromatic rings. The number of rotatable bonds is 4. The largest absolute Gasteiger partial charge is 0.480 e. The lowest BCUT2D eigenvalue weighted by atomic mass is 10.2. The number of amides is 1. The maximum atomic E-state index is 11.6. The molecule has 0 aliphatic heterocycles. The number of carboxylic acids is 1. The van der Waals surface area contributed by atoms with Crippen LogP contribution in [0.2, 0.25) is 0 Å². The minimum atomic E-state index is -1.09. The highest BCUT2D eigenvalue weighted by molar-refractivity contribution is 5.80. The average Bonchev–Trinajstić information content (AvgIpc) is 2.26. The third-order valence-electron chi connectivity index (χ3n) is 2.27. The molecular weight excluding hydrogens is 247 g/mol. The predicted molar refractivity (Wildman–Crippen MR) is 70.9 cm³/mol. The lowest BCUT2D eigenvalue weighted by molar-refractivity contribution is -0.139. The fraction of sp³-hybridized carbons (Fsp3) is 0.429. The molecule has 0 aromatic heterocycles. The van der Waals surface area contributed by atoms with Crippen molar-refractivity contribution in [3.05, 3.63) is 35.9 Å². The Balaban J connectivity index is 2.64. The van der Waals surface area contributed by atoms with Crippen molar-refractivity contribution in [2.24, 2.45) is 0 Å². The van der Waals surface area contributed by atoms with Crippen molar-refractivity contribution in [1.29, 1.82) is 0 Å². The quantitative estimate of drug-likeness (QED) is 0.819. The Labute approximate surface area is 112 Å². The summed E-state index contributed by atoms with van der Waals surface area (Å²) in [6.07, 6.45) is -0.508. The number of carbonyl (C=O) groups excluding carboxylic acids is 1. The first-order valence-electron chi connectivity index (χ1n) is 6.04. The van der Waals surface area contributed by atoms with Gasteiger partial charge in [0.05, 0.1) is 0 Å². The Bertz CT molecular complexity index is 437. The van der Waals surface area contributed by atoms with E-state index < -0.39 is 23.7 Å². The van der Waals surface area contributed by atoms with Crippen molar-refractivity contribution in [3.63, 3.8) is 0 Å². The maximum Gasteiger partial charge on any atom is 0.408 e. The molecule has 0 saturated carbocycles. The van der Waals surface area contributed by atoms with Crippen LogP contribution in [0.25, 0.3) is 0 Å². The molecule has 0 unspecified atom stereocenters. The smallest absolute Gasteiger partial charge is 0.408 e.